The summed E-state index contributed by atoms with van der Waals surface area (Å²) in [5, 5.41) is 26.6. The maximum atomic E-state index is 13.4. The van der Waals surface area contributed by atoms with Crippen LogP contribution in [0.5, 0.6) is 0 Å². The predicted octanol–water partition coefficient (Wildman–Crippen LogP) is 3.14. The predicted molar refractivity (Wildman–Crippen MR) is 99.3 cm³/mol. The third-order valence-corrected chi connectivity index (χ3v) is 3.60. The van der Waals surface area contributed by atoms with E-state index in [1.165, 1.54) is 12.1 Å². The van der Waals surface area contributed by atoms with E-state index >= 15 is 0 Å². The number of aromatic amines is 1. The summed E-state index contributed by atoms with van der Waals surface area (Å²) in [5.74, 6) is -5.36. The van der Waals surface area contributed by atoms with Crippen molar-refractivity contribution in [2.75, 3.05) is 0 Å². The zero-order valence-electron chi connectivity index (χ0n) is 15.3. The summed E-state index contributed by atoms with van der Waals surface area (Å²) in [6, 6.07) is 8.22. The molecular formula is C19H18F2N4O4. The number of nitrogens with one attached hydrogen (secondary N) is 1. The minimum atomic E-state index is -2.85. The lowest BCUT2D eigenvalue weighted by atomic mass is 10.0. The van der Waals surface area contributed by atoms with Crippen molar-refractivity contribution in [2.45, 2.75) is 19.4 Å². The summed E-state index contributed by atoms with van der Waals surface area (Å²) in [6.45, 7) is 1.46. The minimum absolute atomic E-state index is 0.00122. The van der Waals surface area contributed by atoms with Crippen LogP contribution in [0.15, 0.2) is 61.1 Å². The second kappa shape index (κ2) is 9.40. The SMILES string of the molecule is CC(F)(F)c1cccc(-c2cnn(Cc3ccn[nH]3)c2)c1.O=C(O)C=CC(=O)O. The van der Waals surface area contributed by atoms with Crippen LogP contribution >= 0.6 is 0 Å². The molecule has 0 aliphatic heterocycles. The van der Waals surface area contributed by atoms with E-state index in [2.05, 4.69) is 15.3 Å². The molecule has 10 heteroatoms. The molecule has 0 atom stereocenters. The first-order valence-electron chi connectivity index (χ1n) is 8.28. The van der Waals surface area contributed by atoms with Crippen LogP contribution in [0.25, 0.3) is 11.1 Å². The Kier molecular flexibility index (Phi) is 6.96. The van der Waals surface area contributed by atoms with Gasteiger partial charge in [-0.2, -0.15) is 10.2 Å². The average Bonchev–Trinajstić information content (AvgIpc) is 3.32. The van der Waals surface area contributed by atoms with Crippen molar-refractivity contribution in [1.29, 1.82) is 0 Å². The van der Waals surface area contributed by atoms with Crippen LogP contribution in [0.2, 0.25) is 0 Å². The van der Waals surface area contributed by atoms with Gasteiger partial charge in [0.2, 0.25) is 0 Å². The number of halogens is 2. The van der Waals surface area contributed by atoms with Crippen LogP contribution in [0.4, 0.5) is 8.78 Å². The van der Waals surface area contributed by atoms with Gasteiger partial charge in [-0.15, -0.1) is 0 Å². The molecule has 3 N–H and O–H groups in total. The lowest BCUT2D eigenvalue weighted by Gasteiger charge is -2.11. The highest BCUT2D eigenvalue weighted by Gasteiger charge is 2.24. The Bertz CT molecular complexity index is 976. The number of H-pyrrole nitrogens is 1. The fourth-order valence-electron chi connectivity index (χ4n) is 2.26. The largest absolute Gasteiger partial charge is 0.478 e. The number of alkyl halides is 2. The molecule has 0 spiro atoms. The average molecular weight is 404 g/mol. The summed E-state index contributed by atoms with van der Waals surface area (Å²) < 4.78 is 28.5. The Balaban J connectivity index is 0.000000321. The number of aliphatic carboxylic acids is 2. The lowest BCUT2D eigenvalue weighted by Crippen LogP contribution is -2.06. The lowest BCUT2D eigenvalue weighted by molar-refractivity contribution is -0.134. The van der Waals surface area contributed by atoms with E-state index < -0.39 is 17.9 Å². The number of hydrogen-bond acceptors (Lipinski definition) is 4. The van der Waals surface area contributed by atoms with Crippen molar-refractivity contribution < 1.29 is 28.6 Å². The maximum Gasteiger partial charge on any atom is 0.328 e. The molecule has 0 bridgehead atoms. The van der Waals surface area contributed by atoms with E-state index in [1.54, 1.807) is 29.2 Å². The first-order valence-corrected chi connectivity index (χ1v) is 8.28. The van der Waals surface area contributed by atoms with Gasteiger partial charge in [0.15, 0.2) is 0 Å². The molecule has 2 heterocycles. The van der Waals surface area contributed by atoms with E-state index in [0.717, 1.165) is 23.7 Å². The van der Waals surface area contributed by atoms with Crippen LogP contribution < -0.4 is 0 Å². The van der Waals surface area contributed by atoms with E-state index in [4.69, 9.17) is 10.2 Å². The van der Waals surface area contributed by atoms with Gasteiger partial charge in [-0.1, -0.05) is 18.2 Å². The first-order chi connectivity index (χ1) is 13.6. The van der Waals surface area contributed by atoms with Crippen molar-refractivity contribution in [3.63, 3.8) is 0 Å². The monoisotopic (exact) mass is 404 g/mol. The highest BCUT2D eigenvalue weighted by molar-refractivity contribution is 5.89. The van der Waals surface area contributed by atoms with E-state index in [1.807, 2.05) is 12.3 Å². The molecule has 0 amide bonds. The molecule has 0 radical (unpaired) electrons. The van der Waals surface area contributed by atoms with E-state index in [0.29, 0.717) is 18.7 Å². The van der Waals surface area contributed by atoms with Gasteiger partial charge in [0, 0.05) is 42.6 Å². The van der Waals surface area contributed by atoms with Crippen LogP contribution in [0, 0.1) is 0 Å². The van der Waals surface area contributed by atoms with Gasteiger partial charge in [0.1, 0.15) is 0 Å². The second-order valence-corrected chi connectivity index (χ2v) is 5.99. The molecule has 0 aliphatic rings. The van der Waals surface area contributed by atoms with Gasteiger partial charge in [-0.3, -0.25) is 9.78 Å². The van der Waals surface area contributed by atoms with Crippen molar-refractivity contribution in [3.8, 4) is 11.1 Å². The van der Waals surface area contributed by atoms with Gasteiger partial charge in [0.25, 0.3) is 5.92 Å². The molecule has 3 aromatic rings. The molecule has 2 aromatic heterocycles. The number of nitrogens with zero attached hydrogens (tertiary/aromatic N) is 3. The number of carboxylic acid groups (broad SMARTS) is 2. The van der Waals surface area contributed by atoms with Crippen molar-refractivity contribution in [2.24, 2.45) is 0 Å². The van der Waals surface area contributed by atoms with Gasteiger partial charge in [-0.25, -0.2) is 18.4 Å². The fraction of sp³-hybridized carbons (Fsp3) is 0.158. The Labute approximate surface area is 164 Å². The standard InChI is InChI=1S/C15H14F2N4.C4H4O4/c1-15(16,17)13-4-2-3-11(7-13)12-8-19-21(9-12)10-14-5-6-18-20-14;5-3(6)1-2-4(7)8/h2-9H,10H2,1H3,(H,18,20);1-2H,(H,5,6)(H,7,8). The van der Waals surface area contributed by atoms with Crippen LogP contribution in [-0.2, 0) is 22.1 Å². The molecule has 0 saturated carbocycles. The molecule has 0 unspecified atom stereocenters. The minimum Gasteiger partial charge on any atom is -0.478 e. The summed E-state index contributed by atoms with van der Waals surface area (Å²) in [4.78, 5) is 19.1. The first kappa shape index (κ1) is 21.5. The van der Waals surface area contributed by atoms with Gasteiger partial charge < -0.3 is 10.2 Å². The van der Waals surface area contributed by atoms with Crippen molar-refractivity contribution in [1.82, 2.24) is 20.0 Å². The Morgan fingerprint density at radius 2 is 1.86 bits per heavy atom. The zero-order valence-corrected chi connectivity index (χ0v) is 15.3. The number of aromatic nitrogens is 4. The Morgan fingerprint density at radius 3 is 2.41 bits per heavy atom. The van der Waals surface area contributed by atoms with Gasteiger partial charge >= 0.3 is 11.9 Å². The zero-order chi connectivity index (χ0) is 21.4. The molecule has 0 aliphatic carbocycles. The molecule has 0 fully saturated rings. The summed E-state index contributed by atoms with van der Waals surface area (Å²) >= 11 is 0. The smallest absolute Gasteiger partial charge is 0.328 e. The number of carboxylic acids is 2. The molecule has 0 saturated heterocycles. The van der Waals surface area contributed by atoms with E-state index in [9.17, 15) is 18.4 Å². The molecule has 1 aromatic carbocycles. The van der Waals surface area contributed by atoms with E-state index in [-0.39, 0.29) is 5.56 Å². The van der Waals surface area contributed by atoms with Gasteiger partial charge in [-0.05, 0) is 17.7 Å². The van der Waals surface area contributed by atoms with Gasteiger partial charge in [0.05, 0.1) is 18.4 Å². The van der Waals surface area contributed by atoms with Crippen LogP contribution in [0.1, 0.15) is 18.2 Å². The summed E-state index contributed by atoms with van der Waals surface area (Å²) in [7, 11) is 0. The molecule has 8 nitrogen and oxygen atoms in total. The van der Waals surface area contributed by atoms with Crippen molar-refractivity contribution in [3.05, 3.63) is 72.3 Å². The Morgan fingerprint density at radius 1 is 1.17 bits per heavy atom. The molecular weight excluding hydrogens is 386 g/mol. The molecule has 152 valence electrons. The summed E-state index contributed by atoms with van der Waals surface area (Å²) in [6.07, 6.45) is 6.29. The Hall–Kier alpha value is -3.82. The summed E-state index contributed by atoms with van der Waals surface area (Å²) in [5.41, 5.74) is 2.46. The molecule has 3 rings (SSSR count). The highest BCUT2D eigenvalue weighted by Crippen LogP contribution is 2.30. The quantitative estimate of drug-likeness (QED) is 0.543. The van der Waals surface area contributed by atoms with Crippen LogP contribution in [0.3, 0.4) is 0 Å². The topological polar surface area (TPSA) is 121 Å². The van der Waals surface area contributed by atoms with Crippen LogP contribution in [-0.4, -0.2) is 42.1 Å². The van der Waals surface area contributed by atoms with Crippen molar-refractivity contribution >= 4 is 11.9 Å². The fourth-order valence-corrected chi connectivity index (χ4v) is 2.26. The normalized spacial score (nSPS) is 11.1. The third kappa shape index (κ3) is 7.01. The maximum absolute atomic E-state index is 13.4. The third-order valence-electron chi connectivity index (χ3n) is 3.60. The number of carbonyl (C=O) groups is 2. The number of benzene rings is 1. The number of hydrogen-bond donors (Lipinski definition) is 3. The molecule has 29 heavy (non-hydrogen) atoms. The number of rotatable bonds is 6. The highest BCUT2D eigenvalue weighted by atomic mass is 19.3. The second-order valence-electron chi connectivity index (χ2n) is 5.99.